The van der Waals surface area contributed by atoms with E-state index in [-0.39, 0.29) is 18.4 Å². The van der Waals surface area contributed by atoms with Crippen LogP contribution in [0.25, 0.3) is 0 Å². The van der Waals surface area contributed by atoms with Crippen molar-refractivity contribution < 1.29 is 14.3 Å². The Bertz CT molecular complexity index is 880. The zero-order chi connectivity index (χ0) is 20.2. The van der Waals surface area contributed by atoms with Gasteiger partial charge in [-0.1, -0.05) is 6.42 Å². The van der Waals surface area contributed by atoms with Crippen LogP contribution >= 0.6 is 0 Å². The van der Waals surface area contributed by atoms with Crippen LogP contribution in [0.1, 0.15) is 47.9 Å². The predicted octanol–water partition coefficient (Wildman–Crippen LogP) is 2.44. The van der Waals surface area contributed by atoms with E-state index in [1.165, 1.54) is 12.8 Å². The van der Waals surface area contributed by atoms with Crippen LogP contribution in [0, 0.1) is 0 Å². The number of amides is 1. The number of hydrogen-bond acceptors (Lipinski definition) is 6. The number of nitrogens with zero attached hydrogens (tertiary/aromatic N) is 3. The Morgan fingerprint density at radius 3 is 2.93 bits per heavy atom. The molecule has 29 heavy (non-hydrogen) atoms. The molecule has 2 aromatic rings. The van der Waals surface area contributed by atoms with E-state index in [4.69, 9.17) is 14.5 Å². The SMILES string of the molecule is COc1ccc(OC)c(CC(=O)N2CCc3nc([C@@H]4CCCCN4)ncc3C2)c1. The summed E-state index contributed by atoms with van der Waals surface area (Å²) in [6.07, 6.45) is 6.47. The van der Waals surface area contributed by atoms with Crippen molar-refractivity contribution in [3.05, 3.63) is 47.0 Å². The van der Waals surface area contributed by atoms with Crippen LogP contribution in [-0.4, -0.2) is 48.1 Å². The summed E-state index contributed by atoms with van der Waals surface area (Å²) in [5.74, 6) is 2.38. The molecule has 1 N–H and O–H groups in total. The van der Waals surface area contributed by atoms with Gasteiger partial charge in [-0.2, -0.15) is 0 Å². The maximum Gasteiger partial charge on any atom is 0.227 e. The number of nitrogens with one attached hydrogen (secondary N) is 1. The molecule has 1 amide bonds. The average Bonchev–Trinajstić information content (AvgIpc) is 2.78. The summed E-state index contributed by atoms with van der Waals surface area (Å²) in [4.78, 5) is 24.2. The van der Waals surface area contributed by atoms with Crippen molar-refractivity contribution in [2.45, 2.75) is 44.7 Å². The minimum absolute atomic E-state index is 0.0697. The molecule has 0 aliphatic carbocycles. The summed E-state index contributed by atoms with van der Waals surface area (Å²) in [7, 11) is 3.23. The van der Waals surface area contributed by atoms with E-state index < -0.39 is 0 Å². The number of benzene rings is 1. The second-order valence-electron chi connectivity index (χ2n) is 7.62. The molecule has 0 saturated carbocycles. The zero-order valence-electron chi connectivity index (χ0n) is 17.1. The first-order valence-corrected chi connectivity index (χ1v) is 10.2. The highest BCUT2D eigenvalue weighted by molar-refractivity contribution is 5.80. The van der Waals surface area contributed by atoms with E-state index in [9.17, 15) is 4.79 Å². The maximum absolute atomic E-state index is 12.9. The summed E-state index contributed by atoms with van der Waals surface area (Å²) < 4.78 is 10.7. The fraction of sp³-hybridized carbons (Fsp3) is 0.500. The van der Waals surface area contributed by atoms with Crippen molar-refractivity contribution in [1.29, 1.82) is 0 Å². The van der Waals surface area contributed by atoms with Crippen LogP contribution in [0.3, 0.4) is 0 Å². The third-order valence-electron chi connectivity index (χ3n) is 5.76. The van der Waals surface area contributed by atoms with Crippen LogP contribution in [0.2, 0.25) is 0 Å². The quantitative estimate of drug-likeness (QED) is 0.837. The number of fused-ring (bicyclic) bond motifs is 1. The van der Waals surface area contributed by atoms with Crippen LogP contribution in [0.4, 0.5) is 0 Å². The van der Waals surface area contributed by atoms with Gasteiger partial charge in [0.15, 0.2) is 0 Å². The van der Waals surface area contributed by atoms with Crippen LogP contribution in [0.15, 0.2) is 24.4 Å². The van der Waals surface area contributed by atoms with Crippen molar-refractivity contribution in [3.8, 4) is 11.5 Å². The van der Waals surface area contributed by atoms with Gasteiger partial charge in [-0.15, -0.1) is 0 Å². The fourth-order valence-electron chi connectivity index (χ4n) is 4.08. The summed E-state index contributed by atoms with van der Waals surface area (Å²) >= 11 is 0. The van der Waals surface area contributed by atoms with Gasteiger partial charge in [0.05, 0.1) is 32.4 Å². The monoisotopic (exact) mass is 396 g/mol. The topological polar surface area (TPSA) is 76.6 Å². The highest BCUT2D eigenvalue weighted by atomic mass is 16.5. The third kappa shape index (κ3) is 4.34. The predicted molar refractivity (Wildman–Crippen MR) is 109 cm³/mol. The molecule has 0 unspecified atom stereocenters. The van der Waals surface area contributed by atoms with Crippen LogP contribution < -0.4 is 14.8 Å². The number of rotatable bonds is 5. The molecular weight excluding hydrogens is 368 g/mol. The molecule has 0 bridgehead atoms. The summed E-state index contributed by atoms with van der Waals surface area (Å²) in [6, 6.07) is 5.79. The number of ether oxygens (including phenoxy) is 2. The molecule has 4 rings (SSSR count). The molecule has 1 atom stereocenters. The Kier molecular flexibility index (Phi) is 5.94. The molecule has 7 heteroatoms. The smallest absolute Gasteiger partial charge is 0.227 e. The van der Waals surface area contributed by atoms with Crippen molar-refractivity contribution in [2.75, 3.05) is 27.3 Å². The van der Waals surface area contributed by atoms with E-state index >= 15 is 0 Å². The van der Waals surface area contributed by atoms with E-state index in [2.05, 4.69) is 10.3 Å². The van der Waals surface area contributed by atoms with Crippen LogP contribution in [0.5, 0.6) is 11.5 Å². The van der Waals surface area contributed by atoms with Crippen molar-refractivity contribution in [1.82, 2.24) is 20.2 Å². The number of hydrogen-bond donors (Lipinski definition) is 1. The van der Waals surface area contributed by atoms with Gasteiger partial charge in [0.1, 0.15) is 17.3 Å². The van der Waals surface area contributed by atoms with Gasteiger partial charge in [-0.05, 0) is 37.6 Å². The zero-order valence-corrected chi connectivity index (χ0v) is 17.1. The van der Waals surface area contributed by atoms with Gasteiger partial charge in [0.2, 0.25) is 5.91 Å². The number of carbonyl (C=O) groups excluding carboxylic acids is 1. The normalized spacial score (nSPS) is 18.8. The van der Waals surface area contributed by atoms with Gasteiger partial charge in [0.25, 0.3) is 0 Å². The Labute approximate surface area is 171 Å². The Morgan fingerprint density at radius 1 is 1.28 bits per heavy atom. The van der Waals surface area contributed by atoms with E-state index in [1.807, 2.05) is 29.3 Å². The lowest BCUT2D eigenvalue weighted by Crippen LogP contribution is -2.38. The van der Waals surface area contributed by atoms with Crippen molar-refractivity contribution in [3.63, 3.8) is 0 Å². The molecule has 1 aromatic heterocycles. The van der Waals surface area contributed by atoms with E-state index in [1.54, 1.807) is 14.2 Å². The minimum atomic E-state index is 0.0697. The first-order chi connectivity index (χ1) is 14.2. The van der Waals surface area contributed by atoms with E-state index in [0.29, 0.717) is 18.8 Å². The second kappa shape index (κ2) is 8.78. The molecule has 2 aliphatic rings. The molecule has 0 spiro atoms. The number of carbonyl (C=O) groups is 1. The summed E-state index contributed by atoms with van der Waals surface area (Å²) in [5, 5.41) is 3.50. The average molecular weight is 396 g/mol. The summed E-state index contributed by atoms with van der Waals surface area (Å²) in [6.45, 7) is 2.26. The molecule has 1 fully saturated rings. The van der Waals surface area contributed by atoms with Crippen molar-refractivity contribution in [2.24, 2.45) is 0 Å². The first-order valence-electron chi connectivity index (χ1n) is 10.2. The Morgan fingerprint density at radius 2 is 2.17 bits per heavy atom. The lowest BCUT2D eigenvalue weighted by molar-refractivity contribution is -0.131. The van der Waals surface area contributed by atoms with Gasteiger partial charge >= 0.3 is 0 Å². The fourth-order valence-corrected chi connectivity index (χ4v) is 4.08. The largest absolute Gasteiger partial charge is 0.497 e. The molecule has 0 radical (unpaired) electrons. The second-order valence-corrected chi connectivity index (χ2v) is 7.62. The molecule has 3 heterocycles. The molecule has 154 valence electrons. The van der Waals surface area contributed by atoms with Gasteiger partial charge in [-0.25, -0.2) is 9.97 Å². The number of aromatic nitrogens is 2. The van der Waals surface area contributed by atoms with E-state index in [0.717, 1.165) is 47.8 Å². The van der Waals surface area contributed by atoms with Gasteiger partial charge in [-0.3, -0.25) is 4.79 Å². The van der Waals surface area contributed by atoms with Crippen molar-refractivity contribution >= 4 is 5.91 Å². The standard InChI is InChI=1S/C22H28N4O3/c1-28-17-6-7-20(29-2)15(11-17)12-21(27)26-10-8-18-16(14-26)13-24-22(25-18)19-5-3-4-9-23-19/h6-7,11,13,19,23H,3-5,8-10,12,14H2,1-2H3/t19-/m0/s1. The highest BCUT2D eigenvalue weighted by Crippen LogP contribution is 2.27. The first kappa shape index (κ1) is 19.6. The molecular formula is C22H28N4O3. The van der Waals surface area contributed by atoms with Gasteiger partial charge in [0, 0.05) is 36.8 Å². The van der Waals surface area contributed by atoms with Crippen LogP contribution in [-0.2, 0) is 24.2 Å². The molecule has 7 nitrogen and oxygen atoms in total. The highest BCUT2D eigenvalue weighted by Gasteiger charge is 2.25. The molecule has 1 aromatic carbocycles. The molecule has 1 saturated heterocycles. The Hall–Kier alpha value is -2.67. The number of piperidine rings is 1. The third-order valence-corrected chi connectivity index (χ3v) is 5.76. The lowest BCUT2D eigenvalue weighted by Gasteiger charge is -2.29. The minimum Gasteiger partial charge on any atom is -0.497 e. The number of methoxy groups -OCH3 is 2. The molecule has 2 aliphatic heterocycles. The Balaban J connectivity index is 1.45. The maximum atomic E-state index is 12.9. The van der Waals surface area contributed by atoms with Gasteiger partial charge < -0.3 is 19.7 Å². The lowest BCUT2D eigenvalue weighted by atomic mass is 10.0. The summed E-state index contributed by atoms with van der Waals surface area (Å²) in [5.41, 5.74) is 2.95.